The highest BCUT2D eigenvalue weighted by Crippen LogP contribution is 2.39. The smallest absolute Gasteiger partial charge is 0.248 e. The van der Waals surface area contributed by atoms with Crippen LogP contribution in [0.2, 0.25) is 0 Å². The second kappa shape index (κ2) is 10.6. The predicted molar refractivity (Wildman–Crippen MR) is 116 cm³/mol. The van der Waals surface area contributed by atoms with Gasteiger partial charge in [-0.1, -0.05) is 12.1 Å². The third-order valence-corrected chi connectivity index (χ3v) is 4.55. The quantitative estimate of drug-likeness (QED) is 0.659. The van der Waals surface area contributed by atoms with E-state index in [1.165, 1.54) is 18.2 Å². The van der Waals surface area contributed by atoms with Gasteiger partial charge in [-0.2, -0.15) is 0 Å². The lowest BCUT2D eigenvalue weighted by Crippen LogP contribution is -2.36. The zero-order chi connectivity index (χ0) is 21.3. The Morgan fingerprint density at radius 2 is 1.87 bits per heavy atom. The Morgan fingerprint density at radius 1 is 1.13 bits per heavy atom. The van der Waals surface area contributed by atoms with E-state index in [4.69, 9.17) is 14.2 Å². The normalized spacial score (nSPS) is 14.0. The van der Waals surface area contributed by atoms with Crippen LogP contribution in [-0.4, -0.2) is 45.4 Å². The van der Waals surface area contributed by atoms with Crippen LogP contribution < -0.4 is 19.7 Å². The van der Waals surface area contributed by atoms with E-state index in [2.05, 4.69) is 10.2 Å². The van der Waals surface area contributed by atoms with E-state index in [0.29, 0.717) is 49.2 Å². The van der Waals surface area contributed by atoms with E-state index in [-0.39, 0.29) is 11.7 Å². The van der Waals surface area contributed by atoms with Gasteiger partial charge in [-0.05, 0) is 37.6 Å². The molecule has 160 valence electrons. The lowest BCUT2D eigenvalue weighted by Gasteiger charge is -2.31. The molecule has 2 aromatic rings. The van der Waals surface area contributed by atoms with Crippen LogP contribution in [0.25, 0.3) is 6.08 Å². The molecule has 0 bridgehead atoms. The summed E-state index contributed by atoms with van der Waals surface area (Å²) in [6.45, 7) is 7.58. The van der Waals surface area contributed by atoms with E-state index in [0.717, 1.165) is 18.8 Å². The third-order valence-electron chi connectivity index (χ3n) is 4.55. The number of halogens is 1. The fourth-order valence-corrected chi connectivity index (χ4v) is 3.20. The highest BCUT2D eigenvalue weighted by molar-refractivity contribution is 6.03. The van der Waals surface area contributed by atoms with E-state index in [1.807, 2.05) is 19.9 Å². The lowest BCUT2D eigenvalue weighted by atomic mass is 10.2. The molecule has 1 N–H and O–H groups in total. The highest BCUT2D eigenvalue weighted by Gasteiger charge is 2.20. The van der Waals surface area contributed by atoms with Crippen LogP contribution in [0.3, 0.4) is 0 Å². The van der Waals surface area contributed by atoms with Gasteiger partial charge in [0.05, 0.1) is 37.8 Å². The van der Waals surface area contributed by atoms with Crippen molar-refractivity contribution in [2.24, 2.45) is 0 Å². The number of amides is 1. The molecular weight excluding hydrogens is 387 g/mol. The van der Waals surface area contributed by atoms with Crippen molar-refractivity contribution >= 4 is 23.4 Å². The molecule has 0 radical (unpaired) electrons. The number of anilines is 2. The molecule has 30 heavy (non-hydrogen) atoms. The topological polar surface area (TPSA) is 60.0 Å². The predicted octanol–water partition coefficient (Wildman–Crippen LogP) is 4.11. The summed E-state index contributed by atoms with van der Waals surface area (Å²) in [7, 11) is 0. The lowest BCUT2D eigenvalue weighted by molar-refractivity contribution is -0.111. The molecule has 3 rings (SSSR count). The number of hydrogen-bond acceptors (Lipinski definition) is 5. The van der Waals surface area contributed by atoms with Gasteiger partial charge in [0.25, 0.3) is 0 Å². The molecule has 0 atom stereocenters. The monoisotopic (exact) mass is 414 g/mol. The Bertz CT molecular complexity index is 895. The minimum Gasteiger partial charge on any atom is -0.492 e. The molecule has 1 saturated heterocycles. The first-order valence-electron chi connectivity index (χ1n) is 10.1. The number of nitrogens with one attached hydrogen (secondary N) is 1. The summed E-state index contributed by atoms with van der Waals surface area (Å²) in [5.41, 5.74) is 2.04. The molecule has 2 aromatic carbocycles. The minimum absolute atomic E-state index is 0.346. The van der Waals surface area contributed by atoms with Crippen molar-refractivity contribution in [3.63, 3.8) is 0 Å². The molecule has 7 heteroatoms. The standard InChI is InChI=1S/C23H27FN2O4/c1-3-29-21-16-20(26-10-12-28-13-11-26)22(30-4-2)15-19(21)25-23(27)9-8-17-6-5-7-18(24)14-17/h5-9,14-16H,3-4,10-13H2,1-2H3,(H,25,27)/b9-8+. The fourth-order valence-electron chi connectivity index (χ4n) is 3.20. The fraction of sp³-hybridized carbons (Fsp3) is 0.348. The van der Waals surface area contributed by atoms with Crippen LogP contribution in [0.1, 0.15) is 19.4 Å². The van der Waals surface area contributed by atoms with Crippen LogP contribution in [0.5, 0.6) is 11.5 Å². The number of benzene rings is 2. The average molecular weight is 414 g/mol. The molecule has 0 saturated carbocycles. The van der Waals surface area contributed by atoms with Crippen LogP contribution in [0.4, 0.5) is 15.8 Å². The van der Waals surface area contributed by atoms with Crippen molar-refractivity contribution in [1.29, 1.82) is 0 Å². The van der Waals surface area contributed by atoms with Gasteiger partial charge in [-0.3, -0.25) is 4.79 Å². The van der Waals surface area contributed by atoms with Gasteiger partial charge < -0.3 is 24.4 Å². The Hall–Kier alpha value is -3.06. The zero-order valence-electron chi connectivity index (χ0n) is 17.3. The average Bonchev–Trinajstić information content (AvgIpc) is 2.75. The van der Waals surface area contributed by atoms with E-state index >= 15 is 0 Å². The maximum atomic E-state index is 13.3. The van der Waals surface area contributed by atoms with Crippen LogP contribution in [0, 0.1) is 5.82 Å². The SMILES string of the molecule is CCOc1cc(N2CCOCC2)c(OCC)cc1NC(=O)/C=C/c1cccc(F)c1. The molecule has 1 fully saturated rings. The molecular formula is C23H27FN2O4. The van der Waals surface area contributed by atoms with Crippen molar-refractivity contribution in [1.82, 2.24) is 0 Å². The molecule has 0 spiro atoms. The number of carbonyl (C=O) groups is 1. The Labute approximate surface area is 176 Å². The molecule has 1 aliphatic heterocycles. The summed E-state index contributed by atoms with van der Waals surface area (Å²) in [5.74, 6) is 0.542. The first-order chi connectivity index (χ1) is 14.6. The largest absolute Gasteiger partial charge is 0.492 e. The Morgan fingerprint density at radius 3 is 2.57 bits per heavy atom. The van der Waals surface area contributed by atoms with Gasteiger partial charge in [0.1, 0.15) is 17.3 Å². The second-order valence-electron chi connectivity index (χ2n) is 6.66. The van der Waals surface area contributed by atoms with Gasteiger partial charge >= 0.3 is 0 Å². The van der Waals surface area contributed by atoms with Crippen molar-refractivity contribution in [3.05, 3.63) is 53.9 Å². The minimum atomic E-state index is -0.351. The van der Waals surface area contributed by atoms with Gasteiger partial charge in [-0.15, -0.1) is 0 Å². The molecule has 1 heterocycles. The Balaban J connectivity index is 1.84. The van der Waals surface area contributed by atoms with Crippen molar-refractivity contribution in [2.45, 2.75) is 13.8 Å². The van der Waals surface area contributed by atoms with Crippen molar-refractivity contribution in [3.8, 4) is 11.5 Å². The second-order valence-corrected chi connectivity index (χ2v) is 6.66. The molecule has 0 aromatic heterocycles. The summed E-state index contributed by atoms with van der Waals surface area (Å²) in [4.78, 5) is 14.7. The van der Waals surface area contributed by atoms with Gasteiger partial charge in [0.15, 0.2) is 0 Å². The van der Waals surface area contributed by atoms with Crippen LogP contribution >= 0.6 is 0 Å². The van der Waals surface area contributed by atoms with Gasteiger partial charge in [0, 0.05) is 31.3 Å². The van der Waals surface area contributed by atoms with Crippen molar-refractivity contribution < 1.29 is 23.4 Å². The van der Waals surface area contributed by atoms with E-state index in [1.54, 1.807) is 24.3 Å². The van der Waals surface area contributed by atoms with Crippen LogP contribution in [-0.2, 0) is 9.53 Å². The molecule has 1 aliphatic rings. The summed E-state index contributed by atoms with van der Waals surface area (Å²) in [5, 5.41) is 2.84. The molecule has 1 amide bonds. The summed E-state index contributed by atoms with van der Waals surface area (Å²) in [6, 6.07) is 9.72. The number of ether oxygens (including phenoxy) is 3. The summed E-state index contributed by atoms with van der Waals surface area (Å²) in [6.07, 6.45) is 2.92. The van der Waals surface area contributed by atoms with Crippen molar-refractivity contribution in [2.75, 3.05) is 49.7 Å². The zero-order valence-corrected chi connectivity index (χ0v) is 17.3. The molecule has 0 unspecified atom stereocenters. The third kappa shape index (κ3) is 5.73. The first kappa shape index (κ1) is 21.6. The first-order valence-corrected chi connectivity index (χ1v) is 10.1. The number of morpholine rings is 1. The van der Waals surface area contributed by atoms with Crippen LogP contribution in [0.15, 0.2) is 42.5 Å². The maximum absolute atomic E-state index is 13.3. The summed E-state index contributed by atoms with van der Waals surface area (Å²) >= 11 is 0. The maximum Gasteiger partial charge on any atom is 0.248 e. The number of nitrogens with zero attached hydrogens (tertiary/aromatic N) is 1. The van der Waals surface area contributed by atoms with E-state index in [9.17, 15) is 9.18 Å². The van der Waals surface area contributed by atoms with Gasteiger partial charge in [-0.25, -0.2) is 4.39 Å². The number of carbonyl (C=O) groups excluding carboxylic acids is 1. The van der Waals surface area contributed by atoms with Gasteiger partial charge in [0.2, 0.25) is 5.91 Å². The molecule has 0 aliphatic carbocycles. The number of hydrogen-bond donors (Lipinski definition) is 1. The Kier molecular flexibility index (Phi) is 7.68. The molecule has 6 nitrogen and oxygen atoms in total. The summed E-state index contributed by atoms with van der Waals surface area (Å²) < 4.78 is 30.4. The highest BCUT2D eigenvalue weighted by atomic mass is 19.1. The van der Waals surface area contributed by atoms with E-state index < -0.39 is 0 Å². The number of rotatable bonds is 8.